The van der Waals surface area contributed by atoms with E-state index in [0.717, 1.165) is 19.4 Å². The number of rotatable bonds is 5. The second-order valence-corrected chi connectivity index (χ2v) is 5.34. The lowest BCUT2D eigenvalue weighted by Gasteiger charge is -2.32. The van der Waals surface area contributed by atoms with E-state index in [0.29, 0.717) is 12.6 Å². The Balaban J connectivity index is 1.90. The summed E-state index contributed by atoms with van der Waals surface area (Å²) >= 11 is 0. The van der Waals surface area contributed by atoms with Crippen LogP contribution in [0.25, 0.3) is 0 Å². The molecule has 0 radical (unpaired) electrons. The predicted octanol–water partition coefficient (Wildman–Crippen LogP) is 1.03. The van der Waals surface area contributed by atoms with Crippen molar-refractivity contribution in [2.24, 2.45) is 0 Å². The minimum absolute atomic E-state index is 0.269. The van der Waals surface area contributed by atoms with Crippen LogP contribution in [0.3, 0.4) is 0 Å². The summed E-state index contributed by atoms with van der Waals surface area (Å²) < 4.78 is 0. The fourth-order valence-electron chi connectivity index (χ4n) is 3.06. The molecule has 0 spiro atoms. The van der Waals surface area contributed by atoms with Gasteiger partial charge in [-0.2, -0.15) is 0 Å². The molecule has 0 saturated carbocycles. The van der Waals surface area contributed by atoms with Gasteiger partial charge in [-0.25, -0.2) is 0 Å². The molecule has 2 unspecified atom stereocenters. The summed E-state index contributed by atoms with van der Waals surface area (Å²) in [5, 5.41) is 3.32. The maximum Gasteiger partial charge on any atom is 0.238 e. The van der Waals surface area contributed by atoms with Crippen LogP contribution in [0.1, 0.15) is 39.5 Å². The monoisotopic (exact) mass is 239 g/mol. The van der Waals surface area contributed by atoms with Crippen LogP contribution in [0.2, 0.25) is 0 Å². The molecule has 0 aromatic carbocycles. The quantitative estimate of drug-likeness (QED) is 0.778. The molecule has 0 bridgehead atoms. The number of hydrogen-bond acceptors (Lipinski definition) is 3. The van der Waals surface area contributed by atoms with Crippen LogP contribution in [0, 0.1) is 0 Å². The van der Waals surface area contributed by atoms with Crippen molar-refractivity contribution in [1.82, 2.24) is 15.1 Å². The summed E-state index contributed by atoms with van der Waals surface area (Å²) in [7, 11) is 0. The van der Waals surface area contributed by atoms with Gasteiger partial charge in [0.2, 0.25) is 5.91 Å². The van der Waals surface area contributed by atoms with Crippen LogP contribution in [0.15, 0.2) is 0 Å². The Hall–Kier alpha value is -0.610. The van der Waals surface area contributed by atoms with Crippen LogP contribution in [0.5, 0.6) is 0 Å². The van der Waals surface area contributed by atoms with Crippen molar-refractivity contribution in [1.29, 1.82) is 0 Å². The highest BCUT2D eigenvalue weighted by atomic mass is 16.2. The van der Waals surface area contributed by atoms with E-state index in [9.17, 15) is 4.79 Å². The third kappa shape index (κ3) is 2.99. The molecule has 2 saturated heterocycles. The molecule has 2 aliphatic heterocycles. The lowest BCUT2D eigenvalue weighted by molar-refractivity contribution is -0.130. The lowest BCUT2D eigenvalue weighted by atomic mass is 10.2. The van der Waals surface area contributed by atoms with Crippen molar-refractivity contribution in [2.45, 2.75) is 51.7 Å². The van der Waals surface area contributed by atoms with E-state index >= 15 is 0 Å². The molecule has 1 amide bonds. The highest BCUT2D eigenvalue weighted by Crippen LogP contribution is 2.17. The van der Waals surface area contributed by atoms with Gasteiger partial charge in [0, 0.05) is 12.6 Å². The van der Waals surface area contributed by atoms with Crippen LogP contribution in [-0.4, -0.2) is 54.1 Å². The van der Waals surface area contributed by atoms with E-state index in [1.54, 1.807) is 0 Å². The second-order valence-electron chi connectivity index (χ2n) is 5.34. The first-order valence-corrected chi connectivity index (χ1v) is 6.99. The molecule has 4 heteroatoms. The SMILES string of the molecule is CCCC1NCC(=O)N1C(C)CN1CCCC1. The number of nitrogens with one attached hydrogen (secondary N) is 1. The maximum atomic E-state index is 11.9. The number of carbonyl (C=O) groups is 1. The minimum Gasteiger partial charge on any atom is -0.322 e. The molecule has 4 nitrogen and oxygen atoms in total. The molecule has 2 atom stereocenters. The van der Waals surface area contributed by atoms with Gasteiger partial charge in [0.25, 0.3) is 0 Å². The molecule has 0 aromatic heterocycles. The fraction of sp³-hybridized carbons (Fsp3) is 0.923. The number of hydrogen-bond donors (Lipinski definition) is 1. The van der Waals surface area contributed by atoms with Crippen LogP contribution in [0.4, 0.5) is 0 Å². The zero-order valence-electron chi connectivity index (χ0n) is 11.1. The topological polar surface area (TPSA) is 35.6 Å². The Morgan fingerprint density at radius 2 is 2.12 bits per heavy atom. The van der Waals surface area contributed by atoms with Crippen molar-refractivity contribution in [2.75, 3.05) is 26.2 Å². The van der Waals surface area contributed by atoms with E-state index < -0.39 is 0 Å². The van der Waals surface area contributed by atoms with E-state index in [-0.39, 0.29) is 12.1 Å². The number of amides is 1. The van der Waals surface area contributed by atoms with Crippen molar-refractivity contribution in [3.8, 4) is 0 Å². The first kappa shape index (κ1) is 12.8. The third-order valence-electron chi connectivity index (χ3n) is 3.87. The molecule has 0 aliphatic carbocycles. The molecule has 2 fully saturated rings. The van der Waals surface area contributed by atoms with Gasteiger partial charge in [-0.3, -0.25) is 10.1 Å². The second kappa shape index (κ2) is 5.83. The first-order chi connectivity index (χ1) is 8.22. The Kier molecular flexibility index (Phi) is 4.40. The van der Waals surface area contributed by atoms with Gasteiger partial charge >= 0.3 is 0 Å². The van der Waals surface area contributed by atoms with Crippen LogP contribution >= 0.6 is 0 Å². The summed E-state index contributed by atoms with van der Waals surface area (Å²) in [6, 6.07) is 0.340. The van der Waals surface area contributed by atoms with E-state index in [4.69, 9.17) is 0 Å². The average Bonchev–Trinajstić information content (AvgIpc) is 2.89. The molecule has 1 N–H and O–H groups in total. The fourth-order valence-corrected chi connectivity index (χ4v) is 3.06. The molecular formula is C13H25N3O. The summed E-state index contributed by atoms with van der Waals surface area (Å²) in [6.45, 7) is 8.33. The van der Waals surface area contributed by atoms with Crippen LogP contribution in [-0.2, 0) is 4.79 Å². The van der Waals surface area contributed by atoms with Gasteiger partial charge in [0.1, 0.15) is 0 Å². The summed E-state index contributed by atoms with van der Waals surface area (Å²) in [4.78, 5) is 16.5. The minimum atomic E-state index is 0.269. The summed E-state index contributed by atoms with van der Waals surface area (Å²) in [5.74, 6) is 0.273. The van der Waals surface area contributed by atoms with Crippen molar-refractivity contribution in [3.63, 3.8) is 0 Å². The smallest absolute Gasteiger partial charge is 0.238 e. The zero-order valence-corrected chi connectivity index (χ0v) is 11.1. The normalized spacial score (nSPS) is 28.0. The summed E-state index contributed by atoms with van der Waals surface area (Å²) in [5.41, 5.74) is 0. The Labute approximate surface area is 104 Å². The molecule has 0 aromatic rings. The Morgan fingerprint density at radius 1 is 1.41 bits per heavy atom. The van der Waals surface area contributed by atoms with Gasteiger partial charge in [-0.1, -0.05) is 13.3 Å². The summed E-state index contributed by atoms with van der Waals surface area (Å²) in [6.07, 6.45) is 5.09. The van der Waals surface area contributed by atoms with Gasteiger partial charge in [-0.15, -0.1) is 0 Å². The molecule has 2 aliphatic rings. The Bertz CT molecular complexity index is 263. The van der Waals surface area contributed by atoms with Crippen molar-refractivity contribution >= 4 is 5.91 Å². The van der Waals surface area contributed by atoms with Gasteiger partial charge < -0.3 is 9.80 Å². The van der Waals surface area contributed by atoms with Crippen molar-refractivity contribution < 1.29 is 4.79 Å². The van der Waals surface area contributed by atoms with E-state index in [1.807, 2.05) is 0 Å². The van der Waals surface area contributed by atoms with Crippen molar-refractivity contribution in [3.05, 3.63) is 0 Å². The predicted molar refractivity (Wildman–Crippen MR) is 68.7 cm³/mol. The first-order valence-electron chi connectivity index (χ1n) is 6.99. The van der Waals surface area contributed by atoms with E-state index in [2.05, 4.69) is 29.0 Å². The molecule has 2 rings (SSSR count). The molecule has 17 heavy (non-hydrogen) atoms. The van der Waals surface area contributed by atoms with Gasteiger partial charge in [-0.05, 0) is 39.3 Å². The molecular weight excluding hydrogens is 214 g/mol. The van der Waals surface area contributed by atoms with Crippen LogP contribution < -0.4 is 5.32 Å². The standard InChI is InChI=1S/C13H25N3O/c1-3-6-12-14-9-13(17)16(12)11(2)10-15-7-4-5-8-15/h11-12,14H,3-10H2,1-2H3. The van der Waals surface area contributed by atoms with Gasteiger partial charge in [0.15, 0.2) is 0 Å². The highest BCUT2D eigenvalue weighted by molar-refractivity contribution is 5.81. The number of nitrogens with zero attached hydrogens (tertiary/aromatic N) is 2. The van der Waals surface area contributed by atoms with E-state index in [1.165, 1.54) is 25.9 Å². The number of carbonyl (C=O) groups excluding carboxylic acids is 1. The van der Waals surface area contributed by atoms with Gasteiger partial charge in [0.05, 0.1) is 12.7 Å². The average molecular weight is 239 g/mol. The Morgan fingerprint density at radius 3 is 2.76 bits per heavy atom. The lowest BCUT2D eigenvalue weighted by Crippen LogP contribution is -2.48. The largest absolute Gasteiger partial charge is 0.322 e. The molecule has 98 valence electrons. The highest BCUT2D eigenvalue weighted by Gasteiger charge is 2.34. The number of likely N-dealkylation sites (tertiary alicyclic amines) is 1. The molecule has 2 heterocycles. The zero-order chi connectivity index (χ0) is 12.3. The third-order valence-corrected chi connectivity index (χ3v) is 3.87. The maximum absolute atomic E-state index is 11.9.